The summed E-state index contributed by atoms with van der Waals surface area (Å²) in [4.78, 5) is 4.11. The molecule has 0 aliphatic carbocycles. The molecule has 1 heterocycles. The van der Waals surface area contributed by atoms with Crippen molar-refractivity contribution < 1.29 is 4.74 Å². The van der Waals surface area contributed by atoms with Crippen molar-refractivity contribution in [2.75, 3.05) is 0 Å². The van der Waals surface area contributed by atoms with Crippen molar-refractivity contribution in [3.8, 4) is 11.8 Å². The van der Waals surface area contributed by atoms with Gasteiger partial charge in [0, 0.05) is 6.20 Å². The van der Waals surface area contributed by atoms with Crippen LogP contribution in [0.15, 0.2) is 72.9 Å². The third kappa shape index (κ3) is 3.22. The molecule has 0 unspecified atom stereocenters. The van der Waals surface area contributed by atoms with E-state index in [0.29, 0.717) is 11.4 Å². The van der Waals surface area contributed by atoms with Gasteiger partial charge in [-0.15, -0.1) is 0 Å². The highest BCUT2D eigenvalue weighted by molar-refractivity contribution is 5.44. The van der Waals surface area contributed by atoms with Gasteiger partial charge < -0.3 is 4.74 Å². The summed E-state index contributed by atoms with van der Waals surface area (Å²) < 4.78 is 6.25. The fourth-order valence-electron chi connectivity index (χ4n) is 2.48. The molecule has 3 rings (SSSR count). The average Bonchev–Trinajstić information content (AvgIpc) is 2.62. The minimum atomic E-state index is -0.285. The number of ether oxygens (including phenoxy) is 1. The molecule has 0 bridgehead atoms. The zero-order chi connectivity index (χ0) is 16.1. The Balaban J connectivity index is 2.06. The van der Waals surface area contributed by atoms with Crippen LogP contribution in [0.5, 0.6) is 5.75 Å². The van der Waals surface area contributed by atoms with Gasteiger partial charge in [-0.05, 0) is 29.7 Å². The van der Waals surface area contributed by atoms with Crippen molar-refractivity contribution in [1.82, 2.24) is 4.98 Å². The largest absolute Gasteiger partial charge is 0.478 e. The predicted octanol–water partition coefficient (Wildman–Crippen LogP) is 4.43. The third-order valence-electron chi connectivity index (χ3n) is 3.65. The lowest BCUT2D eigenvalue weighted by Crippen LogP contribution is -2.11. The molecule has 0 saturated heterocycles. The number of hydrogen-bond acceptors (Lipinski definition) is 3. The molecule has 3 nitrogen and oxygen atoms in total. The Morgan fingerprint density at radius 2 is 1.48 bits per heavy atom. The molecular weight excluding hydrogens is 284 g/mol. The van der Waals surface area contributed by atoms with E-state index in [1.165, 1.54) is 0 Å². The van der Waals surface area contributed by atoms with Gasteiger partial charge in [0.25, 0.3) is 0 Å². The number of nitrogens with zero attached hydrogens (tertiary/aromatic N) is 2. The quantitative estimate of drug-likeness (QED) is 0.716. The summed E-state index contributed by atoms with van der Waals surface area (Å²) in [5.74, 6) is 0.535. The summed E-state index contributed by atoms with van der Waals surface area (Å²) in [5, 5.41) is 9.30. The number of benzene rings is 2. The van der Waals surface area contributed by atoms with E-state index in [1.54, 1.807) is 6.20 Å². The number of pyridine rings is 1. The second-order valence-corrected chi connectivity index (χ2v) is 5.24. The minimum Gasteiger partial charge on any atom is -0.478 e. The molecule has 3 aromatic rings. The Hall–Kier alpha value is -3.12. The van der Waals surface area contributed by atoms with Gasteiger partial charge in [0.05, 0.1) is 0 Å². The van der Waals surface area contributed by atoms with Crippen LogP contribution >= 0.6 is 0 Å². The van der Waals surface area contributed by atoms with Crippen LogP contribution in [-0.4, -0.2) is 4.98 Å². The molecule has 2 aromatic carbocycles. The monoisotopic (exact) mass is 300 g/mol. The van der Waals surface area contributed by atoms with Gasteiger partial charge in [-0.1, -0.05) is 60.7 Å². The molecule has 0 aliphatic heterocycles. The molecule has 0 amide bonds. The number of hydrogen-bond donors (Lipinski definition) is 0. The summed E-state index contributed by atoms with van der Waals surface area (Å²) in [7, 11) is 0. The van der Waals surface area contributed by atoms with Crippen molar-refractivity contribution >= 4 is 0 Å². The molecule has 0 spiro atoms. The van der Waals surface area contributed by atoms with E-state index in [0.717, 1.165) is 16.7 Å². The van der Waals surface area contributed by atoms with Crippen LogP contribution in [0.2, 0.25) is 0 Å². The van der Waals surface area contributed by atoms with Gasteiger partial charge in [0.15, 0.2) is 11.4 Å². The molecule has 0 fully saturated rings. The molecule has 0 atom stereocenters. The molecule has 23 heavy (non-hydrogen) atoms. The lowest BCUT2D eigenvalue weighted by Gasteiger charge is -2.21. The topological polar surface area (TPSA) is 45.9 Å². The maximum Gasteiger partial charge on any atom is 0.182 e. The number of rotatable bonds is 4. The maximum atomic E-state index is 9.30. The van der Waals surface area contributed by atoms with Gasteiger partial charge in [0.2, 0.25) is 0 Å². The van der Waals surface area contributed by atoms with Crippen LogP contribution in [0.25, 0.3) is 0 Å². The number of aryl methyl sites for hydroxylation is 1. The summed E-state index contributed by atoms with van der Waals surface area (Å²) in [6.07, 6.45) is 1.34. The first kappa shape index (κ1) is 14.8. The second kappa shape index (κ2) is 6.76. The Morgan fingerprint density at radius 3 is 2.00 bits per heavy atom. The summed E-state index contributed by atoms with van der Waals surface area (Å²) in [6, 6.07) is 23.9. The SMILES string of the molecule is Cc1ccnc(C#N)c1OC(c1ccccc1)c1ccccc1. The van der Waals surface area contributed by atoms with Crippen molar-refractivity contribution in [3.63, 3.8) is 0 Å². The first-order valence-corrected chi connectivity index (χ1v) is 7.42. The van der Waals surface area contributed by atoms with Crippen LogP contribution in [0.4, 0.5) is 0 Å². The highest BCUT2D eigenvalue weighted by Gasteiger charge is 2.19. The van der Waals surface area contributed by atoms with Gasteiger partial charge in [-0.25, -0.2) is 4.98 Å². The number of aromatic nitrogens is 1. The molecule has 112 valence electrons. The summed E-state index contributed by atoms with van der Waals surface area (Å²) in [6.45, 7) is 1.92. The Kier molecular flexibility index (Phi) is 4.35. The molecule has 0 saturated carbocycles. The molecular formula is C20H16N2O. The van der Waals surface area contributed by atoms with Crippen LogP contribution < -0.4 is 4.74 Å². The fourth-order valence-corrected chi connectivity index (χ4v) is 2.48. The lowest BCUT2D eigenvalue weighted by molar-refractivity contribution is 0.244. The van der Waals surface area contributed by atoms with Gasteiger partial charge in [0.1, 0.15) is 12.2 Å². The van der Waals surface area contributed by atoms with Crippen molar-refractivity contribution in [2.45, 2.75) is 13.0 Å². The van der Waals surface area contributed by atoms with E-state index in [4.69, 9.17) is 4.74 Å². The molecule has 1 aromatic heterocycles. The van der Waals surface area contributed by atoms with Crippen LogP contribution in [-0.2, 0) is 0 Å². The van der Waals surface area contributed by atoms with Crippen molar-refractivity contribution in [2.24, 2.45) is 0 Å². The first-order valence-electron chi connectivity index (χ1n) is 7.42. The maximum absolute atomic E-state index is 9.30. The van der Waals surface area contributed by atoms with Gasteiger partial charge in [-0.3, -0.25) is 0 Å². The fraction of sp³-hybridized carbons (Fsp3) is 0.100. The van der Waals surface area contributed by atoms with E-state index in [2.05, 4.69) is 11.1 Å². The standard InChI is InChI=1S/C20H16N2O/c1-15-12-13-22-18(14-21)19(15)23-20(16-8-4-2-5-9-16)17-10-6-3-7-11-17/h2-13,20H,1H3. The van der Waals surface area contributed by atoms with Crippen LogP contribution in [0.1, 0.15) is 28.5 Å². The van der Waals surface area contributed by atoms with Crippen LogP contribution in [0, 0.1) is 18.3 Å². The van der Waals surface area contributed by atoms with Gasteiger partial charge in [-0.2, -0.15) is 5.26 Å². The smallest absolute Gasteiger partial charge is 0.182 e. The van der Waals surface area contributed by atoms with E-state index in [9.17, 15) is 5.26 Å². The summed E-state index contributed by atoms with van der Waals surface area (Å²) in [5.41, 5.74) is 3.27. The van der Waals surface area contributed by atoms with Gasteiger partial charge >= 0.3 is 0 Å². The Morgan fingerprint density at radius 1 is 0.913 bits per heavy atom. The van der Waals surface area contributed by atoms with E-state index in [1.807, 2.05) is 73.7 Å². The van der Waals surface area contributed by atoms with Crippen molar-refractivity contribution in [1.29, 1.82) is 5.26 Å². The number of nitriles is 1. The highest BCUT2D eigenvalue weighted by Crippen LogP contribution is 2.31. The minimum absolute atomic E-state index is 0.285. The van der Waals surface area contributed by atoms with E-state index in [-0.39, 0.29) is 6.10 Å². The average molecular weight is 300 g/mol. The molecule has 3 heteroatoms. The zero-order valence-electron chi connectivity index (χ0n) is 12.8. The highest BCUT2D eigenvalue weighted by atomic mass is 16.5. The predicted molar refractivity (Wildman–Crippen MR) is 89.0 cm³/mol. The van der Waals surface area contributed by atoms with E-state index < -0.39 is 0 Å². The molecule has 0 aliphatic rings. The molecule has 0 radical (unpaired) electrons. The zero-order valence-corrected chi connectivity index (χ0v) is 12.8. The van der Waals surface area contributed by atoms with E-state index >= 15 is 0 Å². The summed E-state index contributed by atoms with van der Waals surface area (Å²) >= 11 is 0. The normalized spacial score (nSPS) is 10.3. The first-order chi connectivity index (χ1) is 11.3. The van der Waals surface area contributed by atoms with Crippen LogP contribution in [0.3, 0.4) is 0 Å². The second-order valence-electron chi connectivity index (χ2n) is 5.24. The van der Waals surface area contributed by atoms with Crippen molar-refractivity contribution in [3.05, 3.63) is 95.3 Å². The Bertz CT molecular complexity index is 784. The molecule has 0 N–H and O–H groups in total. The lowest BCUT2D eigenvalue weighted by atomic mass is 10.0. The Labute approximate surface area is 135 Å². The third-order valence-corrected chi connectivity index (χ3v) is 3.65.